The maximum Gasteiger partial charge on any atom is 0.191 e. The summed E-state index contributed by atoms with van der Waals surface area (Å²) in [5.74, 6) is 2.40. The molecule has 140 valence electrons. The average molecular weight is 456 g/mol. The van der Waals surface area contributed by atoms with Crippen LogP contribution in [0.25, 0.3) is 0 Å². The van der Waals surface area contributed by atoms with Crippen LogP contribution in [0.4, 0.5) is 0 Å². The first-order chi connectivity index (χ1) is 11.6. The van der Waals surface area contributed by atoms with Crippen molar-refractivity contribution in [1.82, 2.24) is 15.5 Å². The predicted molar refractivity (Wildman–Crippen MR) is 118 cm³/mol. The molecule has 0 spiro atoms. The van der Waals surface area contributed by atoms with E-state index in [0.29, 0.717) is 6.54 Å². The Morgan fingerprint density at radius 3 is 2.44 bits per heavy atom. The van der Waals surface area contributed by atoms with E-state index in [1.165, 1.54) is 30.6 Å². The Balaban J connectivity index is 0.00000312. The summed E-state index contributed by atoms with van der Waals surface area (Å²) in [6.07, 6.45) is 3.19. The lowest BCUT2D eigenvalue weighted by atomic mass is 9.91. The second-order valence-electron chi connectivity index (χ2n) is 7.00. The summed E-state index contributed by atoms with van der Waals surface area (Å²) in [6.45, 7) is 13.4. The van der Waals surface area contributed by atoms with Crippen LogP contribution >= 0.6 is 24.0 Å². The van der Waals surface area contributed by atoms with Gasteiger partial charge in [-0.3, -0.25) is 9.89 Å². The Bertz CT molecular complexity index is 548. The summed E-state index contributed by atoms with van der Waals surface area (Å²) in [6, 6.07) is 8.71. The van der Waals surface area contributed by atoms with Crippen LogP contribution in [0.2, 0.25) is 0 Å². The van der Waals surface area contributed by atoms with Gasteiger partial charge in [0.05, 0.1) is 0 Å². The van der Waals surface area contributed by atoms with Crippen molar-refractivity contribution >= 4 is 29.9 Å². The molecule has 2 rings (SSSR count). The lowest BCUT2D eigenvalue weighted by Gasteiger charge is -2.35. The molecular weight excluding hydrogens is 423 g/mol. The van der Waals surface area contributed by atoms with Gasteiger partial charge in [0.25, 0.3) is 0 Å². The largest absolute Gasteiger partial charge is 0.353 e. The molecule has 0 saturated carbocycles. The van der Waals surface area contributed by atoms with Crippen molar-refractivity contribution in [2.24, 2.45) is 16.8 Å². The standard InChI is InChI=1S/C20H32N4.HI/c1-5-10-22-20(21-4)23-12-18-8-6-7-9-19(18)15-24-13-16(2)11-17(3)14-24;/h5-9,16-17H,1,10-15H2,2-4H3,(H2,21,22,23);1H. The normalized spacial score (nSPS) is 21.3. The van der Waals surface area contributed by atoms with Crippen molar-refractivity contribution in [3.05, 3.63) is 48.0 Å². The summed E-state index contributed by atoms with van der Waals surface area (Å²) in [4.78, 5) is 6.84. The van der Waals surface area contributed by atoms with Gasteiger partial charge >= 0.3 is 0 Å². The fourth-order valence-electron chi connectivity index (χ4n) is 3.61. The summed E-state index contributed by atoms with van der Waals surface area (Å²) >= 11 is 0. The molecule has 4 nitrogen and oxygen atoms in total. The van der Waals surface area contributed by atoms with Crippen LogP contribution in [0.3, 0.4) is 0 Å². The number of piperidine rings is 1. The van der Waals surface area contributed by atoms with Crippen molar-refractivity contribution in [3.63, 3.8) is 0 Å². The molecule has 0 radical (unpaired) electrons. The van der Waals surface area contributed by atoms with Gasteiger partial charge in [0.15, 0.2) is 5.96 Å². The minimum atomic E-state index is 0. The van der Waals surface area contributed by atoms with E-state index in [0.717, 1.165) is 30.9 Å². The van der Waals surface area contributed by atoms with E-state index in [4.69, 9.17) is 0 Å². The summed E-state index contributed by atoms with van der Waals surface area (Å²) in [5.41, 5.74) is 2.75. The van der Waals surface area contributed by atoms with Gasteiger partial charge in [-0.25, -0.2) is 0 Å². The zero-order chi connectivity index (χ0) is 17.4. The molecule has 2 atom stereocenters. The van der Waals surface area contributed by atoms with Crippen LogP contribution in [-0.2, 0) is 13.1 Å². The Morgan fingerprint density at radius 2 is 1.84 bits per heavy atom. The van der Waals surface area contributed by atoms with E-state index in [-0.39, 0.29) is 24.0 Å². The first kappa shape index (κ1) is 22.0. The van der Waals surface area contributed by atoms with Gasteiger partial charge in [0.1, 0.15) is 0 Å². The highest BCUT2D eigenvalue weighted by atomic mass is 127. The minimum Gasteiger partial charge on any atom is -0.353 e. The molecule has 0 aliphatic carbocycles. The fourth-order valence-corrected chi connectivity index (χ4v) is 3.61. The number of nitrogens with zero attached hydrogens (tertiary/aromatic N) is 2. The lowest BCUT2D eigenvalue weighted by molar-refractivity contribution is 0.134. The number of likely N-dealkylation sites (tertiary alicyclic amines) is 1. The molecule has 25 heavy (non-hydrogen) atoms. The number of benzene rings is 1. The number of hydrogen-bond donors (Lipinski definition) is 2. The van der Waals surface area contributed by atoms with Crippen LogP contribution in [0.5, 0.6) is 0 Å². The van der Waals surface area contributed by atoms with Gasteiger partial charge < -0.3 is 10.6 Å². The lowest BCUT2D eigenvalue weighted by Crippen LogP contribution is -2.39. The quantitative estimate of drug-likeness (QED) is 0.297. The average Bonchev–Trinajstić information content (AvgIpc) is 2.55. The summed E-state index contributed by atoms with van der Waals surface area (Å²) < 4.78 is 0. The van der Waals surface area contributed by atoms with Crippen molar-refractivity contribution in [1.29, 1.82) is 0 Å². The Kier molecular flexibility index (Phi) is 10.1. The third-order valence-corrected chi connectivity index (χ3v) is 4.54. The van der Waals surface area contributed by atoms with Crippen molar-refractivity contribution in [3.8, 4) is 0 Å². The Hall–Kier alpha value is -1.08. The van der Waals surface area contributed by atoms with Crippen molar-refractivity contribution in [2.75, 3.05) is 26.7 Å². The van der Waals surface area contributed by atoms with E-state index in [1.54, 1.807) is 7.05 Å². The van der Waals surface area contributed by atoms with E-state index in [9.17, 15) is 0 Å². The number of aliphatic imine (C=N–C) groups is 1. The monoisotopic (exact) mass is 456 g/mol. The first-order valence-electron chi connectivity index (χ1n) is 8.97. The molecule has 0 aromatic heterocycles. The van der Waals surface area contributed by atoms with Gasteiger partial charge in [-0.1, -0.05) is 44.2 Å². The van der Waals surface area contributed by atoms with Gasteiger partial charge in [-0.2, -0.15) is 0 Å². The molecule has 1 aromatic carbocycles. The zero-order valence-corrected chi connectivity index (χ0v) is 18.1. The molecule has 0 bridgehead atoms. The van der Waals surface area contributed by atoms with E-state index >= 15 is 0 Å². The fraction of sp³-hybridized carbons (Fsp3) is 0.550. The first-order valence-corrected chi connectivity index (χ1v) is 8.97. The molecular formula is C20H33IN4. The molecule has 1 aliphatic heterocycles. The second-order valence-corrected chi connectivity index (χ2v) is 7.00. The number of guanidine groups is 1. The van der Waals surface area contributed by atoms with E-state index < -0.39 is 0 Å². The molecule has 1 aromatic rings. The molecule has 2 N–H and O–H groups in total. The molecule has 5 heteroatoms. The number of nitrogens with one attached hydrogen (secondary N) is 2. The van der Waals surface area contributed by atoms with E-state index in [2.05, 4.69) is 65.2 Å². The van der Waals surface area contributed by atoms with E-state index in [1.807, 2.05) is 6.08 Å². The Morgan fingerprint density at radius 1 is 1.20 bits per heavy atom. The van der Waals surface area contributed by atoms with Crippen LogP contribution < -0.4 is 10.6 Å². The summed E-state index contributed by atoms with van der Waals surface area (Å²) in [5, 5.41) is 6.60. The SMILES string of the molecule is C=CCNC(=NC)NCc1ccccc1CN1CC(C)CC(C)C1.I. The zero-order valence-electron chi connectivity index (χ0n) is 15.8. The van der Waals surface area contributed by atoms with Crippen LogP contribution in [0.1, 0.15) is 31.4 Å². The third kappa shape index (κ3) is 7.36. The van der Waals surface area contributed by atoms with Crippen LogP contribution in [-0.4, -0.2) is 37.5 Å². The highest BCUT2D eigenvalue weighted by molar-refractivity contribution is 14.0. The molecule has 0 amide bonds. The smallest absolute Gasteiger partial charge is 0.191 e. The van der Waals surface area contributed by atoms with Crippen molar-refractivity contribution < 1.29 is 0 Å². The predicted octanol–water partition coefficient (Wildman–Crippen LogP) is 3.63. The molecule has 1 saturated heterocycles. The summed E-state index contributed by atoms with van der Waals surface area (Å²) in [7, 11) is 1.79. The molecule has 1 aliphatic rings. The highest BCUT2D eigenvalue weighted by Gasteiger charge is 2.22. The Labute approximate surface area is 170 Å². The van der Waals surface area contributed by atoms with Crippen LogP contribution in [0, 0.1) is 11.8 Å². The van der Waals surface area contributed by atoms with Crippen LogP contribution in [0.15, 0.2) is 41.9 Å². The number of rotatable bonds is 6. The van der Waals surface area contributed by atoms with Gasteiger partial charge in [0, 0.05) is 39.8 Å². The van der Waals surface area contributed by atoms with Gasteiger partial charge in [0.2, 0.25) is 0 Å². The van der Waals surface area contributed by atoms with Crippen molar-refractivity contribution in [2.45, 2.75) is 33.4 Å². The highest BCUT2D eigenvalue weighted by Crippen LogP contribution is 2.23. The van der Waals surface area contributed by atoms with Gasteiger partial charge in [-0.15, -0.1) is 30.6 Å². The van der Waals surface area contributed by atoms with Gasteiger partial charge in [-0.05, 0) is 29.4 Å². The minimum absolute atomic E-state index is 0. The maximum atomic E-state index is 4.24. The molecule has 1 fully saturated rings. The second kappa shape index (κ2) is 11.5. The number of halogens is 1. The molecule has 1 heterocycles. The third-order valence-electron chi connectivity index (χ3n) is 4.54. The topological polar surface area (TPSA) is 39.7 Å². The number of hydrogen-bond acceptors (Lipinski definition) is 2. The maximum absolute atomic E-state index is 4.24. The molecule has 2 unspecified atom stereocenters.